The lowest BCUT2D eigenvalue weighted by molar-refractivity contribution is -0.132. The minimum absolute atomic E-state index is 0.199. The number of hydrogen-bond donors (Lipinski definition) is 0. The highest BCUT2D eigenvalue weighted by Crippen LogP contribution is 2.41. The molecule has 2 heterocycles. The Bertz CT molecular complexity index is 1500. The molecule has 0 aliphatic heterocycles. The molecule has 0 saturated carbocycles. The predicted molar refractivity (Wildman–Crippen MR) is 141 cm³/mol. The minimum atomic E-state index is -0.352. The number of fused-ring (bicyclic) bond motifs is 1. The monoisotopic (exact) mass is 489 g/mol. The second kappa shape index (κ2) is 8.72. The smallest absolute Gasteiger partial charge is 0.308 e. The van der Waals surface area contributed by atoms with Crippen LogP contribution in [0, 0.1) is 6.92 Å². The van der Waals surface area contributed by atoms with Gasteiger partial charge in [0, 0.05) is 23.6 Å². The number of esters is 1. The van der Waals surface area contributed by atoms with E-state index in [1.54, 1.807) is 0 Å². The van der Waals surface area contributed by atoms with Crippen LogP contribution in [-0.4, -0.2) is 20.6 Å². The minimum Gasteiger partial charge on any atom is -0.426 e. The van der Waals surface area contributed by atoms with Crippen molar-refractivity contribution in [1.82, 2.24) is 14.6 Å². The summed E-state index contributed by atoms with van der Waals surface area (Å²) in [5, 5.41) is 4.46. The molecule has 4 aromatic rings. The van der Waals surface area contributed by atoms with Crippen molar-refractivity contribution in [3.8, 4) is 17.1 Å². The number of hydrogen-bond acceptors (Lipinski definition) is 6. The van der Waals surface area contributed by atoms with E-state index in [1.807, 2.05) is 49.4 Å². The lowest BCUT2D eigenvalue weighted by Crippen LogP contribution is -2.24. The van der Waals surface area contributed by atoms with Gasteiger partial charge in [0.05, 0.1) is 4.53 Å². The van der Waals surface area contributed by atoms with Crippen LogP contribution in [0.5, 0.6) is 5.75 Å². The normalized spacial score (nSPS) is 13.0. The molecule has 0 spiro atoms. The molecule has 0 aliphatic rings. The summed E-state index contributed by atoms with van der Waals surface area (Å²) < 4.78 is 7.64. The lowest BCUT2D eigenvalue weighted by Gasteiger charge is -2.29. The maximum absolute atomic E-state index is 13.2. The second-order valence-electron chi connectivity index (χ2n) is 11.0. The summed E-state index contributed by atoms with van der Waals surface area (Å²) in [6.45, 7) is 15.9. The average Bonchev–Trinajstić information content (AvgIpc) is 3.27. The van der Waals surface area contributed by atoms with E-state index in [9.17, 15) is 9.59 Å². The average molecular weight is 490 g/mol. The highest BCUT2D eigenvalue weighted by molar-refractivity contribution is 7.15. The first-order chi connectivity index (χ1) is 16.2. The zero-order chi connectivity index (χ0) is 25.7. The Morgan fingerprint density at radius 1 is 1.00 bits per heavy atom. The van der Waals surface area contributed by atoms with Crippen LogP contribution in [0.1, 0.15) is 70.7 Å². The first-order valence-corrected chi connectivity index (χ1v) is 12.4. The molecule has 7 heteroatoms. The van der Waals surface area contributed by atoms with Crippen LogP contribution in [0.2, 0.25) is 0 Å². The van der Waals surface area contributed by atoms with Gasteiger partial charge in [-0.15, -0.1) is 5.10 Å². The molecule has 4 rings (SSSR count). The Hall–Kier alpha value is -3.32. The number of thiazole rings is 1. The molecule has 0 amide bonds. The molecule has 6 nitrogen and oxygen atoms in total. The molecular formula is C28H31N3O3S. The van der Waals surface area contributed by atoms with E-state index in [-0.39, 0.29) is 22.4 Å². The van der Waals surface area contributed by atoms with Crippen molar-refractivity contribution in [3.05, 3.63) is 73.5 Å². The number of ether oxygens (including phenoxy) is 1. The van der Waals surface area contributed by atoms with E-state index in [4.69, 9.17) is 4.74 Å². The van der Waals surface area contributed by atoms with Crippen molar-refractivity contribution < 1.29 is 9.53 Å². The van der Waals surface area contributed by atoms with Gasteiger partial charge in [0.15, 0.2) is 5.82 Å². The van der Waals surface area contributed by atoms with E-state index >= 15 is 0 Å². The fourth-order valence-corrected chi connectivity index (χ4v) is 4.82. The highest BCUT2D eigenvalue weighted by atomic mass is 32.1. The van der Waals surface area contributed by atoms with Crippen molar-refractivity contribution in [2.75, 3.05) is 0 Å². The maximum Gasteiger partial charge on any atom is 0.308 e. The molecule has 0 unspecified atom stereocenters. The number of nitrogens with zero attached hydrogens (tertiary/aromatic N) is 3. The fraction of sp³-hybridized carbons (Fsp3) is 0.357. The Kier molecular flexibility index (Phi) is 6.18. The molecule has 2 aromatic heterocycles. The summed E-state index contributed by atoms with van der Waals surface area (Å²) in [5.41, 5.74) is 3.99. The van der Waals surface area contributed by atoms with Gasteiger partial charge in [-0.3, -0.25) is 9.59 Å². The Balaban J connectivity index is 1.88. The predicted octanol–water partition coefficient (Wildman–Crippen LogP) is 5.19. The van der Waals surface area contributed by atoms with Gasteiger partial charge < -0.3 is 4.74 Å². The molecular weight excluding hydrogens is 458 g/mol. The molecule has 0 radical (unpaired) electrons. The van der Waals surface area contributed by atoms with Gasteiger partial charge in [-0.05, 0) is 41.5 Å². The molecule has 0 fully saturated rings. The van der Waals surface area contributed by atoms with Crippen LogP contribution in [0.25, 0.3) is 22.4 Å². The lowest BCUT2D eigenvalue weighted by atomic mass is 9.78. The summed E-state index contributed by atoms with van der Waals surface area (Å²) >= 11 is 1.31. The summed E-state index contributed by atoms with van der Waals surface area (Å²) in [7, 11) is 0. The molecule has 35 heavy (non-hydrogen) atoms. The second-order valence-corrected chi connectivity index (χ2v) is 12.0. The van der Waals surface area contributed by atoms with Crippen molar-refractivity contribution in [3.63, 3.8) is 0 Å². The number of carbonyl (C=O) groups is 1. The number of aromatic nitrogens is 3. The number of rotatable bonds is 3. The number of aryl methyl sites for hydroxylation is 1. The third-order valence-corrected chi connectivity index (χ3v) is 6.72. The zero-order valence-electron chi connectivity index (χ0n) is 21.5. The topological polar surface area (TPSA) is 73.6 Å². The zero-order valence-corrected chi connectivity index (χ0v) is 22.3. The highest BCUT2D eigenvalue weighted by Gasteiger charge is 2.28. The third kappa shape index (κ3) is 5.05. The van der Waals surface area contributed by atoms with Crippen LogP contribution < -0.4 is 14.8 Å². The molecule has 0 atom stereocenters. The first-order valence-electron chi connectivity index (χ1n) is 11.6. The summed E-state index contributed by atoms with van der Waals surface area (Å²) in [5.74, 6) is 0.785. The number of carbonyl (C=O) groups excluding carboxylic acids is 1. The van der Waals surface area contributed by atoms with E-state index in [1.165, 1.54) is 22.8 Å². The summed E-state index contributed by atoms with van der Waals surface area (Å²) in [6, 6.07) is 11.9. The van der Waals surface area contributed by atoms with Crippen molar-refractivity contribution in [1.29, 1.82) is 0 Å². The van der Waals surface area contributed by atoms with Crippen molar-refractivity contribution in [2.24, 2.45) is 0 Å². The molecule has 182 valence electrons. The van der Waals surface area contributed by atoms with Gasteiger partial charge in [-0.1, -0.05) is 82.7 Å². The summed E-state index contributed by atoms with van der Waals surface area (Å²) in [4.78, 5) is 30.2. The van der Waals surface area contributed by atoms with Gasteiger partial charge in [0.1, 0.15) is 5.75 Å². The fourth-order valence-electron chi connectivity index (χ4n) is 3.91. The maximum atomic E-state index is 13.2. The molecule has 0 N–H and O–H groups in total. The van der Waals surface area contributed by atoms with Crippen LogP contribution >= 0.6 is 11.3 Å². The van der Waals surface area contributed by atoms with Crippen LogP contribution in [0.15, 0.2) is 41.2 Å². The molecule has 0 bridgehead atoms. The van der Waals surface area contributed by atoms with Gasteiger partial charge in [0.25, 0.3) is 5.56 Å². The van der Waals surface area contributed by atoms with E-state index in [2.05, 4.69) is 51.6 Å². The largest absolute Gasteiger partial charge is 0.426 e. The SMILES string of the molecule is CC(=O)Oc1c(C(C)(C)C)cc(C=c2sc3nc(-c4ccc(C)cc4)nn3c2=O)cc1C(C)(C)C. The molecule has 0 aliphatic carbocycles. The number of benzene rings is 2. The Labute approximate surface area is 209 Å². The Morgan fingerprint density at radius 2 is 1.57 bits per heavy atom. The van der Waals surface area contributed by atoms with Gasteiger partial charge >= 0.3 is 5.97 Å². The summed E-state index contributed by atoms with van der Waals surface area (Å²) in [6.07, 6.45) is 1.87. The van der Waals surface area contributed by atoms with E-state index < -0.39 is 0 Å². The third-order valence-electron chi connectivity index (χ3n) is 5.76. The molecule has 0 saturated heterocycles. The van der Waals surface area contributed by atoms with Crippen molar-refractivity contribution in [2.45, 2.75) is 66.2 Å². The van der Waals surface area contributed by atoms with E-state index in [0.717, 1.165) is 27.8 Å². The molecule has 2 aromatic carbocycles. The van der Waals surface area contributed by atoms with Crippen LogP contribution in [0.3, 0.4) is 0 Å². The van der Waals surface area contributed by atoms with E-state index in [0.29, 0.717) is 21.1 Å². The first kappa shape index (κ1) is 24.8. The van der Waals surface area contributed by atoms with Crippen molar-refractivity contribution >= 4 is 28.3 Å². The van der Waals surface area contributed by atoms with Gasteiger partial charge in [-0.2, -0.15) is 9.50 Å². The quantitative estimate of drug-likeness (QED) is 0.292. The van der Waals surface area contributed by atoms with Gasteiger partial charge in [-0.25, -0.2) is 0 Å². The standard InChI is InChI=1S/C28H31N3O3S/c1-16-9-11-19(12-10-16)24-29-26-31(30-24)25(33)22(35-26)15-18-13-20(27(3,4)5)23(34-17(2)32)21(14-18)28(6,7)8/h9-15H,1-8H3. The van der Waals surface area contributed by atoms with Gasteiger partial charge in [0.2, 0.25) is 4.96 Å². The van der Waals surface area contributed by atoms with Crippen LogP contribution in [0.4, 0.5) is 0 Å². The Morgan fingerprint density at radius 3 is 2.06 bits per heavy atom. The van der Waals surface area contributed by atoms with Crippen LogP contribution in [-0.2, 0) is 15.6 Å².